The molecule has 7 nitrogen and oxygen atoms in total. The van der Waals surface area contributed by atoms with Crippen LogP contribution in [0.3, 0.4) is 0 Å². The number of amides is 1. The third-order valence-electron chi connectivity index (χ3n) is 4.76. The number of ether oxygens (including phenoxy) is 1. The Morgan fingerprint density at radius 2 is 1.97 bits per heavy atom. The summed E-state index contributed by atoms with van der Waals surface area (Å²) in [5.41, 5.74) is 1.47. The lowest BCUT2D eigenvalue weighted by Crippen LogP contribution is -2.16. The van der Waals surface area contributed by atoms with Gasteiger partial charge in [-0.05, 0) is 48.6 Å². The molecule has 1 aliphatic carbocycles. The van der Waals surface area contributed by atoms with Crippen LogP contribution in [0.25, 0.3) is 10.9 Å². The number of carbonyl (C=O) groups excluding carboxylic acids is 2. The zero-order valence-electron chi connectivity index (χ0n) is 15.6. The Labute approximate surface area is 165 Å². The first kappa shape index (κ1) is 18.8. The van der Waals surface area contributed by atoms with Crippen molar-refractivity contribution in [3.63, 3.8) is 0 Å². The molecule has 29 heavy (non-hydrogen) atoms. The van der Waals surface area contributed by atoms with Crippen molar-refractivity contribution in [3.8, 4) is 5.75 Å². The number of benzene rings is 1. The maximum Gasteiger partial charge on any atom is 0.360 e. The highest BCUT2D eigenvalue weighted by atomic mass is 19.1. The number of rotatable bonds is 5. The molecular formula is C21H18FN3O4. The van der Waals surface area contributed by atoms with Crippen LogP contribution in [-0.4, -0.2) is 34.1 Å². The Hall–Kier alpha value is -3.55. The third-order valence-corrected chi connectivity index (χ3v) is 4.76. The van der Waals surface area contributed by atoms with Crippen LogP contribution in [0.15, 0.2) is 36.5 Å². The lowest BCUT2D eigenvalue weighted by Gasteiger charge is -2.12. The number of anilines is 1. The number of esters is 1. The molecule has 0 unspecified atom stereocenters. The molecule has 0 radical (unpaired) electrons. The molecule has 2 aromatic heterocycles. The number of nitrogens with one attached hydrogen (secondary N) is 1. The van der Waals surface area contributed by atoms with Crippen LogP contribution in [-0.2, 0) is 16.0 Å². The van der Waals surface area contributed by atoms with Gasteiger partial charge in [0.2, 0.25) is 5.91 Å². The molecule has 8 heteroatoms. The zero-order valence-corrected chi connectivity index (χ0v) is 15.6. The number of hydrogen-bond acceptors (Lipinski definition) is 6. The van der Waals surface area contributed by atoms with E-state index < -0.39 is 11.7 Å². The predicted octanol–water partition coefficient (Wildman–Crippen LogP) is 3.20. The van der Waals surface area contributed by atoms with E-state index in [0.29, 0.717) is 11.8 Å². The Bertz CT molecular complexity index is 1110. The van der Waals surface area contributed by atoms with Gasteiger partial charge in [-0.1, -0.05) is 12.1 Å². The van der Waals surface area contributed by atoms with Crippen LogP contribution >= 0.6 is 0 Å². The fourth-order valence-electron chi connectivity index (χ4n) is 3.05. The highest BCUT2D eigenvalue weighted by Crippen LogP contribution is 2.34. The summed E-state index contributed by atoms with van der Waals surface area (Å²) < 4.78 is 17.8. The fraction of sp³-hybridized carbons (Fsp3) is 0.238. The number of carbonyl (C=O) groups is 2. The first-order chi connectivity index (χ1) is 14.0. The van der Waals surface area contributed by atoms with Crippen LogP contribution < -0.4 is 5.32 Å². The van der Waals surface area contributed by atoms with Crippen LogP contribution in [0.4, 0.5) is 10.2 Å². The van der Waals surface area contributed by atoms with Gasteiger partial charge in [-0.25, -0.2) is 14.2 Å². The van der Waals surface area contributed by atoms with E-state index in [1.807, 2.05) is 0 Å². The van der Waals surface area contributed by atoms with Crippen molar-refractivity contribution in [2.24, 2.45) is 5.92 Å². The minimum Gasteiger partial charge on any atom is -0.504 e. The van der Waals surface area contributed by atoms with Crippen LogP contribution in [0, 0.1) is 11.7 Å². The number of pyridine rings is 2. The molecule has 0 saturated heterocycles. The summed E-state index contributed by atoms with van der Waals surface area (Å²) in [4.78, 5) is 32.7. The van der Waals surface area contributed by atoms with E-state index in [2.05, 4.69) is 20.0 Å². The fourth-order valence-corrected chi connectivity index (χ4v) is 3.05. The average molecular weight is 395 g/mol. The summed E-state index contributed by atoms with van der Waals surface area (Å²) in [5, 5.41) is 13.6. The van der Waals surface area contributed by atoms with E-state index in [1.165, 1.54) is 19.2 Å². The molecule has 3 aromatic rings. The maximum absolute atomic E-state index is 13.1. The van der Waals surface area contributed by atoms with Crippen molar-refractivity contribution >= 4 is 28.6 Å². The third kappa shape index (κ3) is 3.87. The van der Waals surface area contributed by atoms with E-state index in [0.717, 1.165) is 24.0 Å². The first-order valence-electron chi connectivity index (χ1n) is 9.11. The van der Waals surface area contributed by atoms with Gasteiger partial charge in [0.25, 0.3) is 0 Å². The van der Waals surface area contributed by atoms with Gasteiger partial charge in [0.1, 0.15) is 17.2 Å². The van der Waals surface area contributed by atoms with Gasteiger partial charge in [0.05, 0.1) is 7.11 Å². The largest absolute Gasteiger partial charge is 0.504 e. The predicted molar refractivity (Wildman–Crippen MR) is 103 cm³/mol. The summed E-state index contributed by atoms with van der Waals surface area (Å²) >= 11 is 0. The van der Waals surface area contributed by atoms with Crippen molar-refractivity contribution in [2.45, 2.75) is 19.3 Å². The summed E-state index contributed by atoms with van der Waals surface area (Å²) in [5.74, 6) is -1.68. The van der Waals surface area contributed by atoms with E-state index in [1.54, 1.807) is 24.4 Å². The van der Waals surface area contributed by atoms with Crippen molar-refractivity contribution in [2.75, 3.05) is 12.4 Å². The molecule has 1 aliphatic rings. The van der Waals surface area contributed by atoms with E-state index in [9.17, 15) is 19.1 Å². The SMILES string of the molecule is COC(=O)c1nc(NC(=O)C2CC2)c2cc(Cc3ccc(F)cc3)cnc2c1O. The first-order valence-corrected chi connectivity index (χ1v) is 9.11. The minimum absolute atomic E-state index is 0.0717. The Kier molecular flexibility index (Phi) is 4.84. The van der Waals surface area contributed by atoms with Gasteiger partial charge >= 0.3 is 5.97 Å². The smallest absolute Gasteiger partial charge is 0.360 e. The normalized spacial score (nSPS) is 13.3. The summed E-state index contributed by atoms with van der Waals surface area (Å²) in [6.07, 6.45) is 3.64. The average Bonchev–Trinajstić information content (AvgIpc) is 3.56. The molecule has 1 fully saturated rings. The second-order valence-corrected chi connectivity index (χ2v) is 6.96. The molecule has 0 spiro atoms. The van der Waals surface area contributed by atoms with E-state index >= 15 is 0 Å². The summed E-state index contributed by atoms with van der Waals surface area (Å²) in [6.45, 7) is 0. The molecule has 148 valence electrons. The van der Waals surface area contributed by atoms with Gasteiger partial charge in [-0.2, -0.15) is 0 Å². The lowest BCUT2D eigenvalue weighted by molar-refractivity contribution is -0.117. The number of methoxy groups -OCH3 is 1. The van der Waals surface area contributed by atoms with Crippen molar-refractivity contribution in [3.05, 3.63) is 59.2 Å². The van der Waals surface area contributed by atoms with Crippen molar-refractivity contribution in [1.29, 1.82) is 0 Å². The minimum atomic E-state index is -0.830. The second-order valence-electron chi connectivity index (χ2n) is 6.96. The number of aromatic nitrogens is 2. The molecule has 0 aliphatic heterocycles. The van der Waals surface area contributed by atoms with Gasteiger partial charge < -0.3 is 15.2 Å². The van der Waals surface area contributed by atoms with Crippen LogP contribution in [0.2, 0.25) is 0 Å². The number of aromatic hydroxyl groups is 1. The summed E-state index contributed by atoms with van der Waals surface area (Å²) in [7, 11) is 1.18. The topological polar surface area (TPSA) is 101 Å². The zero-order chi connectivity index (χ0) is 20.5. The van der Waals surface area contributed by atoms with Gasteiger partial charge in [-0.15, -0.1) is 0 Å². The molecule has 2 N–H and O–H groups in total. The van der Waals surface area contributed by atoms with Gasteiger partial charge in [-0.3, -0.25) is 9.78 Å². The highest BCUT2D eigenvalue weighted by Gasteiger charge is 2.31. The van der Waals surface area contributed by atoms with Crippen LogP contribution in [0.5, 0.6) is 5.75 Å². The molecular weight excluding hydrogens is 377 g/mol. The Balaban J connectivity index is 1.78. The second kappa shape index (κ2) is 7.46. The standard InChI is InChI=1S/C21H18FN3O4/c1-29-21(28)17-18(26)16-15(19(24-17)25-20(27)13-4-5-13)9-12(10-23-16)8-11-2-6-14(22)7-3-11/h2-3,6-7,9-10,13,26H,4-5,8H2,1H3,(H,24,25,27). The summed E-state index contributed by atoms with van der Waals surface area (Å²) in [6, 6.07) is 7.83. The van der Waals surface area contributed by atoms with Gasteiger partial charge in [0.15, 0.2) is 11.4 Å². The van der Waals surface area contributed by atoms with E-state index in [-0.39, 0.29) is 34.7 Å². The molecule has 0 bridgehead atoms. The quantitative estimate of drug-likeness (QED) is 0.644. The van der Waals surface area contributed by atoms with Gasteiger partial charge in [0, 0.05) is 17.5 Å². The molecule has 1 amide bonds. The van der Waals surface area contributed by atoms with Crippen molar-refractivity contribution in [1.82, 2.24) is 9.97 Å². The molecule has 0 atom stereocenters. The maximum atomic E-state index is 13.1. The monoisotopic (exact) mass is 395 g/mol. The molecule has 4 rings (SSSR count). The van der Waals surface area contributed by atoms with Crippen molar-refractivity contribution < 1.29 is 23.8 Å². The number of nitrogens with zero attached hydrogens (tertiary/aromatic N) is 2. The highest BCUT2D eigenvalue weighted by molar-refractivity contribution is 6.06. The molecule has 1 saturated carbocycles. The van der Waals surface area contributed by atoms with Crippen LogP contribution in [0.1, 0.15) is 34.5 Å². The Morgan fingerprint density at radius 1 is 1.24 bits per heavy atom. The number of halogens is 1. The molecule has 1 aromatic carbocycles. The lowest BCUT2D eigenvalue weighted by atomic mass is 10.0. The van der Waals surface area contributed by atoms with E-state index in [4.69, 9.17) is 0 Å². The molecule has 2 heterocycles. The Morgan fingerprint density at radius 3 is 2.62 bits per heavy atom. The number of hydrogen-bond donors (Lipinski definition) is 2. The number of fused-ring (bicyclic) bond motifs is 1.